The first kappa shape index (κ1) is 9.32. The first-order valence-corrected chi connectivity index (χ1v) is 5.31. The van der Waals surface area contributed by atoms with Crippen LogP contribution in [-0.2, 0) is 13.5 Å². The number of aryl methyl sites for hydroxylation is 1. The molecule has 2 rings (SSSR count). The second-order valence-electron chi connectivity index (χ2n) is 2.92. The van der Waals surface area contributed by atoms with Gasteiger partial charge in [-0.1, -0.05) is 12.8 Å². The molecule has 0 aliphatic carbocycles. The summed E-state index contributed by atoms with van der Waals surface area (Å²) in [4.78, 5) is 11.6. The maximum atomic E-state index is 11.6. The molecule has 0 atom stereocenters. The summed E-state index contributed by atoms with van der Waals surface area (Å²) >= 11 is 6.23. The largest absolute Gasteiger partial charge is 0.283 e. The minimum Gasteiger partial charge on any atom is -0.283 e. The summed E-state index contributed by atoms with van der Waals surface area (Å²) in [5, 5.41) is 4.20. The van der Waals surface area contributed by atoms with Gasteiger partial charge in [0, 0.05) is 19.2 Å². The molecule has 1 aliphatic rings. The highest BCUT2D eigenvalue weighted by molar-refractivity contribution is 14.1. The highest BCUT2D eigenvalue weighted by Crippen LogP contribution is 2.23. The van der Waals surface area contributed by atoms with E-state index in [1.165, 1.54) is 4.31 Å². The number of aromatic nitrogens is 2. The Labute approximate surface area is 95.0 Å². The van der Waals surface area contributed by atoms with Crippen LogP contribution in [-0.4, -0.2) is 26.5 Å². The number of carbonyl (C=O) groups is 1. The van der Waals surface area contributed by atoms with Crippen molar-refractivity contribution in [3.8, 4) is 0 Å². The van der Waals surface area contributed by atoms with Crippen LogP contribution in [0, 0.1) is 3.70 Å². The fourth-order valence-electron chi connectivity index (χ4n) is 1.47. The van der Waals surface area contributed by atoms with Gasteiger partial charge < -0.3 is 0 Å². The summed E-state index contributed by atoms with van der Waals surface area (Å²) in [7, 11) is 1.78. The van der Waals surface area contributed by atoms with Crippen molar-refractivity contribution in [3.05, 3.63) is 15.0 Å². The van der Waals surface area contributed by atoms with E-state index in [1.54, 1.807) is 11.7 Å². The van der Waals surface area contributed by atoms with Gasteiger partial charge in [0.25, 0.3) is 5.91 Å². The summed E-state index contributed by atoms with van der Waals surface area (Å²) in [6.07, 6.45) is 0.844. The summed E-state index contributed by atoms with van der Waals surface area (Å²) < 4.78 is 3.98. The van der Waals surface area contributed by atoms with Gasteiger partial charge in [-0.15, -0.1) is 0 Å². The van der Waals surface area contributed by atoms with Crippen molar-refractivity contribution >= 4 is 41.3 Å². The van der Waals surface area contributed by atoms with Crippen LogP contribution in [0.15, 0.2) is 0 Å². The number of nitrogens with zero attached hydrogens (tertiary/aromatic N) is 3. The van der Waals surface area contributed by atoms with Crippen LogP contribution in [0.5, 0.6) is 0 Å². The highest BCUT2D eigenvalue weighted by Gasteiger charge is 2.28. The molecule has 0 N–H and O–H groups in total. The fraction of sp³-hybridized carbons (Fsp3) is 0.429. The van der Waals surface area contributed by atoms with Crippen LogP contribution in [0.3, 0.4) is 0 Å². The maximum absolute atomic E-state index is 11.6. The van der Waals surface area contributed by atoms with E-state index in [4.69, 9.17) is 0 Å². The van der Waals surface area contributed by atoms with E-state index in [-0.39, 0.29) is 5.91 Å². The number of thiol groups is 1. The van der Waals surface area contributed by atoms with Crippen molar-refractivity contribution in [2.45, 2.75) is 6.42 Å². The standard InChI is InChI=1S/C7H8IN3OS/c1-10-5-4(6(8)9-10)2-3-11(13)7(5)12/h13H,2-3H2,1H3. The SMILES string of the molecule is Cn1nc(I)c2c1C(=O)N(S)CC2. The van der Waals surface area contributed by atoms with Crippen LogP contribution < -0.4 is 0 Å². The van der Waals surface area contributed by atoms with Gasteiger partial charge in [-0.2, -0.15) is 5.10 Å². The normalized spacial score (nSPS) is 16.2. The Bertz CT molecular complexity index is 376. The second-order valence-corrected chi connectivity index (χ2v) is 4.42. The number of fused-ring (bicyclic) bond motifs is 1. The van der Waals surface area contributed by atoms with E-state index >= 15 is 0 Å². The van der Waals surface area contributed by atoms with Gasteiger partial charge in [-0.05, 0) is 29.0 Å². The Kier molecular flexibility index (Phi) is 2.26. The molecular formula is C7H8IN3OS. The molecule has 0 saturated carbocycles. The number of rotatable bonds is 0. The topological polar surface area (TPSA) is 38.1 Å². The molecular weight excluding hydrogens is 301 g/mol. The molecule has 6 heteroatoms. The predicted octanol–water partition coefficient (Wildman–Crippen LogP) is 0.868. The van der Waals surface area contributed by atoms with E-state index in [0.29, 0.717) is 12.2 Å². The molecule has 1 amide bonds. The summed E-state index contributed by atoms with van der Waals surface area (Å²) in [6, 6.07) is 0. The van der Waals surface area contributed by atoms with Gasteiger partial charge in [-0.25, -0.2) is 0 Å². The number of hydrogen-bond acceptors (Lipinski definition) is 3. The van der Waals surface area contributed by atoms with Crippen LogP contribution in [0.25, 0.3) is 0 Å². The molecule has 1 aromatic heterocycles. The molecule has 0 aromatic carbocycles. The van der Waals surface area contributed by atoms with Gasteiger partial charge in [0.1, 0.15) is 9.39 Å². The second kappa shape index (κ2) is 3.16. The number of hydrogen-bond donors (Lipinski definition) is 1. The lowest BCUT2D eigenvalue weighted by Crippen LogP contribution is -2.31. The first-order valence-electron chi connectivity index (χ1n) is 3.83. The lowest BCUT2D eigenvalue weighted by molar-refractivity contribution is 0.0852. The average Bonchev–Trinajstić information content (AvgIpc) is 2.35. The zero-order chi connectivity index (χ0) is 9.59. The van der Waals surface area contributed by atoms with Crippen LogP contribution in [0.4, 0.5) is 0 Å². The molecule has 0 unspecified atom stereocenters. The Balaban J connectivity index is 2.59. The third kappa shape index (κ3) is 1.35. The molecule has 70 valence electrons. The number of halogens is 1. The Morgan fingerprint density at radius 2 is 2.31 bits per heavy atom. The Hall–Kier alpha value is -0.240. The fourth-order valence-corrected chi connectivity index (χ4v) is 2.51. The Morgan fingerprint density at radius 3 is 3.00 bits per heavy atom. The highest BCUT2D eigenvalue weighted by atomic mass is 127. The zero-order valence-corrected chi connectivity index (χ0v) is 10.0. The predicted molar refractivity (Wildman–Crippen MR) is 59.7 cm³/mol. The number of carbonyl (C=O) groups excluding carboxylic acids is 1. The number of amides is 1. The average molecular weight is 309 g/mol. The van der Waals surface area contributed by atoms with E-state index in [9.17, 15) is 4.79 Å². The van der Waals surface area contributed by atoms with Crippen LogP contribution in [0.2, 0.25) is 0 Å². The molecule has 0 bridgehead atoms. The van der Waals surface area contributed by atoms with Gasteiger partial charge in [0.2, 0.25) is 0 Å². The summed E-state index contributed by atoms with van der Waals surface area (Å²) in [5.74, 6) is -0.0532. The quantitative estimate of drug-likeness (QED) is 0.570. The molecule has 1 aliphatic heterocycles. The van der Waals surface area contributed by atoms with Gasteiger partial charge in [-0.3, -0.25) is 13.8 Å². The lowest BCUT2D eigenvalue weighted by atomic mass is 10.1. The van der Waals surface area contributed by atoms with Gasteiger partial charge in [0.15, 0.2) is 0 Å². The molecule has 1 aromatic rings. The van der Waals surface area contributed by atoms with Crippen molar-refractivity contribution < 1.29 is 4.79 Å². The smallest absolute Gasteiger partial charge is 0.282 e. The van der Waals surface area contributed by atoms with E-state index in [1.807, 2.05) is 0 Å². The van der Waals surface area contributed by atoms with Crippen molar-refractivity contribution in [2.24, 2.45) is 7.05 Å². The van der Waals surface area contributed by atoms with Crippen LogP contribution in [0.1, 0.15) is 16.1 Å². The van der Waals surface area contributed by atoms with E-state index in [0.717, 1.165) is 15.7 Å². The molecule has 0 saturated heterocycles. The minimum atomic E-state index is -0.0532. The van der Waals surface area contributed by atoms with Gasteiger partial charge >= 0.3 is 0 Å². The summed E-state index contributed by atoms with van der Waals surface area (Å²) in [5.41, 5.74) is 1.73. The lowest BCUT2D eigenvalue weighted by Gasteiger charge is -2.21. The van der Waals surface area contributed by atoms with Crippen LogP contribution >= 0.6 is 35.4 Å². The van der Waals surface area contributed by atoms with E-state index < -0.39 is 0 Å². The Morgan fingerprint density at radius 1 is 1.62 bits per heavy atom. The zero-order valence-electron chi connectivity index (χ0n) is 6.99. The third-order valence-corrected chi connectivity index (χ3v) is 3.36. The minimum absolute atomic E-state index is 0.0532. The van der Waals surface area contributed by atoms with Crippen molar-refractivity contribution in [1.29, 1.82) is 0 Å². The van der Waals surface area contributed by atoms with Crippen molar-refractivity contribution in [2.75, 3.05) is 6.54 Å². The third-order valence-electron chi connectivity index (χ3n) is 2.11. The molecule has 4 nitrogen and oxygen atoms in total. The van der Waals surface area contributed by atoms with E-state index in [2.05, 4.69) is 40.5 Å². The van der Waals surface area contributed by atoms with Crippen molar-refractivity contribution in [1.82, 2.24) is 14.1 Å². The molecule has 0 radical (unpaired) electrons. The monoisotopic (exact) mass is 309 g/mol. The van der Waals surface area contributed by atoms with Gasteiger partial charge in [0.05, 0.1) is 0 Å². The maximum Gasteiger partial charge on any atom is 0.282 e. The molecule has 0 fully saturated rings. The molecule has 0 spiro atoms. The summed E-state index contributed by atoms with van der Waals surface area (Å²) in [6.45, 7) is 0.663. The van der Waals surface area contributed by atoms with Crippen molar-refractivity contribution in [3.63, 3.8) is 0 Å². The molecule has 2 heterocycles. The molecule has 13 heavy (non-hydrogen) atoms. The first-order chi connectivity index (χ1) is 6.11.